The fourth-order valence-electron chi connectivity index (χ4n) is 0.884. The van der Waals surface area contributed by atoms with Crippen molar-refractivity contribution >= 4 is 11.6 Å². The van der Waals surface area contributed by atoms with Crippen molar-refractivity contribution in [2.24, 2.45) is 5.73 Å². The van der Waals surface area contributed by atoms with Crippen LogP contribution in [0.4, 0.5) is 0 Å². The van der Waals surface area contributed by atoms with E-state index >= 15 is 0 Å². The Morgan fingerprint density at radius 1 is 1.50 bits per heavy atom. The number of aryl methyl sites for hydroxylation is 1. The number of hydrogen-bond acceptors (Lipinski definition) is 2. The third-order valence-corrected chi connectivity index (χ3v) is 1.94. The highest BCUT2D eigenvalue weighted by Gasteiger charge is 1.96. The van der Waals surface area contributed by atoms with Gasteiger partial charge in [-0.3, -0.25) is 0 Å². The van der Waals surface area contributed by atoms with E-state index in [0.717, 1.165) is 16.3 Å². The second kappa shape index (κ2) is 4.33. The molecule has 2 N–H and O–H groups in total. The van der Waals surface area contributed by atoms with Gasteiger partial charge in [0, 0.05) is 11.6 Å². The summed E-state index contributed by atoms with van der Waals surface area (Å²) in [6, 6.07) is 5.56. The standard InChI is InChI=1S/C9H12ClNO/c1-7-6-8(12-5-4-11)2-3-9(7)10/h2-3,6H,4-5,11H2,1H3. The van der Waals surface area contributed by atoms with Gasteiger partial charge in [-0.15, -0.1) is 0 Å². The summed E-state index contributed by atoms with van der Waals surface area (Å²) >= 11 is 5.83. The molecule has 0 heterocycles. The van der Waals surface area contributed by atoms with Crippen LogP contribution in [0.2, 0.25) is 5.02 Å². The van der Waals surface area contributed by atoms with Gasteiger partial charge in [0.2, 0.25) is 0 Å². The first-order chi connectivity index (χ1) is 5.74. The minimum absolute atomic E-state index is 0.529. The van der Waals surface area contributed by atoms with E-state index in [2.05, 4.69) is 0 Å². The third kappa shape index (κ3) is 2.40. The smallest absolute Gasteiger partial charge is 0.119 e. The molecule has 0 saturated heterocycles. The van der Waals surface area contributed by atoms with Gasteiger partial charge in [-0.25, -0.2) is 0 Å². The molecule has 0 fully saturated rings. The number of halogens is 1. The van der Waals surface area contributed by atoms with Gasteiger partial charge in [0.15, 0.2) is 0 Å². The average molecular weight is 186 g/mol. The van der Waals surface area contributed by atoms with Crippen LogP contribution in [0.15, 0.2) is 18.2 Å². The highest BCUT2D eigenvalue weighted by Crippen LogP contribution is 2.20. The van der Waals surface area contributed by atoms with Crippen molar-refractivity contribution < 1.29 is 4.74 Å². The van der Waals surface area contributed by atoms with E-state index < -0.39 is 0 Å². The van der Waals surface area contributed by atoms with Crippen LogP contribution in [0.5, 0.6) is 5.75 Å². The molecule has 3 heteroatoms. The predicted octanol–water partition coefficient (Wildman–Crippen LogP) is 1.99. The van der Waals surface area contributed by atoms with Gasteiger partial charge in [-0.2, -0.15) is 0 Å². The molecule has 0 saturated carbocycles. The van der Waals surface area contributed by atoms with Gasteiger partial charge in [0.05, 0.1) is 0 Å². The third-order valence-electron chi connectivity index (χ3n) is 1.52. The number of benzene rings is 1. The highest BCUT2D eigenvalue weighted by molar-refractivity contribution is 6.31. The van der Waals surface area contributed by atoms with Gasteiger partial charge in [0.25, 0.3) is 0 Å². The van der Waals surface area contributed by atoms with Crippen LogP contribution >= 0.6 is 11.6 Å². The Morgan fingerprint density at radius 3 is 2.83 bits per heavy atom. The van der Waals surface area contributed by atoms with Crippen LogP contribution < -0.4 is 10.5 Å². The van der Waals surface area contributed by atoms with Crippen molar-refractivity contribution in [2.75, 3.05) is 13.2 Å². The van der Waals surface area contributed by atoms with E-state index in [4.69, 9.17) is 22.1 Å². The highest BCUT2D eigenvalue weighted by atomic mass is 35.5. The minimum atomic E-state index is 0.529. The predicted molar refractivity (Wildman–Crippen MR) is 50.7 cm³/mol. The molecule has 0 aliphatic heterocycles. The van der Waals surface area contributed by atoms with Crippen molar-refractivity contribution in [2.45, 2.75) is 6.92 Å². The molecule has 0 atom stereocenters. The van der Waals surface area contributed by atoms with Crippen molar-refractivity contribution in [3.8, 4) is 5.75 Å². The van der Waals surface area contributed by atoms with Crippen molar-refractivity contribution in [3.63, 3.8) is 0 Å². The molecule has 1 rings (SSSR count). The maximum atomic E-state index is 5.83. The molecule has 1 aromatic carbocycles. The first-order valence-corrected chi connectivity index (χ1v) is 4.21. The largest absolute Gasteiger partial charge is 0.492 e. The Balaban J connectivity index is 2.69. The summed E-state index contributed by atoms with van der Waals surface area (Å²) in [4.78, 5) is 0. The van der Waals surface area contributed by atoms with E-state index in [1.165, 1.54) is 0 Å². The van der Waals surface area contributed by atoms with Crippen LogP contribution in [-0.2, 0) is 0 Å². The van der Waals surface area contributed by atoms with Gasteiger partial charge >= 0.3 is 0 Å². The first kappa shape index (κ1) is 9.36. The Bertz CT molecular complexity index is 263. The fraction of sp³-hybridized carbons (Fsp3) is 0.333. The normalized spacial score (nSPS) is 9.92. The summed E-state index contributed by atoms with van der Waals surface area (Å²) in [5, 5.41) is 0.759. The number of ether oxygens (including phenoxy) is 1. The monoisotopic (exact) mass is 185 g/mol. The van der Waals surface area contributed by atoms with Crippen molar-refractivity contribution in [1.29, 1.82) is 0 Å². The molecular weight excluding hydrogens is 174 g/mol. The Labute approximate surface area is 77.3 Å². The molecule has 0 aliphatic carbocycles. The van der Waals surface area contributed by atoms with Crippen LogP contribution in [-0.4, -0.2) is 13.2 Å². The number of nitrogens with two attached hydrogens (primary N) is 1. The van der Waals surface area contributed by atoms with E-state index in [0.29, 0.717) is 13.2 Å². The summed E-state index contributed by atoms with van der Waals surface area (Å²) in [7, 11) is 0. The lowest BCUT2D eigenvalue weighted by Gasteiger charge is -2.05. The van der Waals surface area contributed by atoms with Crippen LogP contribution in [0.3, 0.4) is 0 Å². The number of rotatable bonds is 3. The quantitative estimate of drug-likeness (QED) is 0.782. The molecule has 0 radical (unpaired) electrons. The zero-order chi connectivity index (χ0) is 8.97. The fourth-order valence-corrected chi connectivity index (χ4v) is 1.00. The Kier molecular flexibility index (Phi) is 3.38. The lowest BCUT2D eigenvalue weighted by Crippen LogP contribution is -2.10. The van der Waals surface area contributed by atoms with E-state index in [-0.39, 0.29) is 0 Å². The second-order valence-electron chi connectivity index (χ2n) is 2.55. The molecule has 1 aromatic rings. The molecule has 12 heavy (non-hydrogen) atoms. The van der Waals surface area contributed by atoms with E-state index in [1.807, 2.05) is 25.1 Å². The molecule has 0 unspecified atom stereocenters. The van der Waals surface area contributed by atoms with Gasteiger partial charge in [-0.05, 0) is 30.7 Å². The lowest BCUT2D eigenvalue weighted by atomic mass is 10.2. The maximum Gasteiger partial charge on any atom is 0.119 e. The summed E-state index contributed by atoms with van der Waals surface area (Å²) < 4.78 is 5.31. The van der Waals surface area contributed by atoms with Gasteiger partial charge in [0.1, 0.15) is 12.4 Å². The Morgan fingerprint density at radius 2 is 2.25 bits per heavy atom. The van der Waals surface area contributed by atoms with Crippen LogP contribution in [0, 0.1) is 6.92 Å². The zero-order valence-electron chi connectivity index (χ0n) is 7.01. The first-order valence-electron chi connectivity index (χ1n) is 3.83. The molecule has 2 nitrogen and oxygen atoms in total. The average Bonchev–Trinajstić information content (AvgIpc) is 2.07. The minimum Gasteiger partial charge on any atom is -0.492 e. The molecule has 0 spiro atoms. The van der Waals surface area contributed by atoms with Crippen molar-refractivity contribution in [1.82, 2.24) is 0 Å². The summed E-state index contributed by atoms with van der Waals surface area (Å²) in [6.45, 7) is 3.01. The topological polar surface area (TPSA) is 35.2 Å². The van der Waals surface area contributed by atoms with E-state index in [9.17, 15) is 0 Å². The van der Waals surface area contributed by atoms with Crippen LogP contribution in [0.1, 0.15) is 5.56 Å². The number of hydrogen-bond donors (Lipinski definition) is 1. The molecule has 0 bridgehead atoms. The van der Waals surface area contributed by atoms with Gasteiger partial charge in [-0.1, -0.05) is 11.6 Å². The lowest BCUT2D eigenvalue weighted by molar-refractivity contribution is 0.328. The molecular formula is C9H12ClNO. The second-order valence-corrected chi connectivity index (χ2v) is 2.96. The maximum absolute atomic E-state index is 5.83. The SMILES string of the molecule is Cc1cc(OCCN)ccc1Cl. The zero-order valence-corrected chi connectivity index (χ0v) is 7.77. The van der Waals surface area contributed by atoms with Crippen molar-refractivity contribution in [3.05, 3.63) is 28.8 Å². The molecule has 0 aromatic heterocycles. The molecule has 0 amide bonds. The van der Waals surface area contributed by atoms with Gasteiger partial charge < -0.3 is 10.5 Å². The van der Waals surface area contributed by atoms with Crippen LogP contribution in [0.25, 0.3) is 0 Å². The summed E-state index contributed by atoms with van der Waals surface area (Å²) in [6.07, 6.45) is 0. The van der Waals surface area contributed by atoms with E-state index in [1.54, 1.807) is 0 Å². The molecule has 0 aliphatic rings. The molecule has 66 valence electrons. The summed E-state index contributed by atoms with van der Waals surface area (Å²) in [5.41, 5.74) is 6.31. The summed E-state index contributed by atoms with van der Waals surface area (Å²) in [5.74, 6) is 0.822. The Hall–Kier alpha value is -0.730.